The number of thiazole rings is 1. The molecule has 5 rings (SSSR count). The zero-order valence-electron chi connectivity index (χ0n) is 17.6. The summed E-state index contributed by atoms with van der Waals surface area (Å²) >= 11 is 1.47. The Kier molecular flexibility index (Phi) is 4.95. The highest BCUT2D eigenvalue weighted by molar-refractivity contribution is 7.13. The third kappa shape index (κ3) is 3.63. The van der Waals surface area contributed by atoms with Crippen LogP contribution in [0.1, 0.15) is 12.0 Å². The van der Waals surface area contributed by atoms with E-state index in [2.05, 4.69) is 20.4 Å². The SMILES string of the molecule is CN1CC[C@@](O)(c2cccc(-c3csc(-c4ccnc(Nc5cnn(C)c5)n4)n3)c2)C1=O. The first-order chi connectivity index (χ1) is 15.4. The third-order valence-corrected chi connectivity index (χ3v) is 6.35. The van der Waals surface area contributed by atoms with Crippen molar-refractivity contribution in [1.82, 2.24) is 29.6 Å². The second-order valence-corrected chi connectivity index (χ2v) is 8.61. The van der Waals surface area contributed by atoms with Crippen LogP contribution in [-0.2, 0) is 17.4 Å². The van der Waals surface area contributed by atoms with Crippen molar-refractivity contribution in [3.8, 4) is 22.0 Å². The maximum Gasteiger partial charge on any atom is 0.258 e. The summed E-state index contributed by atoms with van der Waals surface area (Å²) in [5.74, 6) is 0.184. The molecule has 1 atom stereocenters. The van der Waals surface area contributed by atoms with Crippen molar-refractivity contribution in [3.05, 3.63) is 59.9 Å². The molecule has 0 radical (unpaired) electrons. The molecule has 1 amide bonds. The number of aryl methyl sites for hydroxylation is 1. The fourth-order valence-electron chi connectivity index (χ4n) is 3.73. The number of carbonyl (C=O) groups is 1. The molecular formula is C22H21N7O2S. The van der Waals surface area contributed by atoms with Crippen molar-refractivity contribution in [2.24, 2.45) is 7.05 Å². The molecule has 1 saturated heterocycles. The van der Waals surface area contributed by atoms with Gasteiger partial charge in [0.05, 0.1) is 17.6 Å². The minimum absolute atomic E-state index is 0.275. The average Bonchev–Trinajstić information content (AvgIpc) is 3.52. The molecule has 1 aliphatic rings. The summed E-state index contributed by atoms with van der Waals surface area (Å²) in [5, 5.41) is 20.9. The normalized spacial score (nSPS) is 18.3. The van der Waals surface area contributed by atoms with Crippen LogP contribution in [0.25, 0.3) is 22.0 Å². The van der Waals surface area contributed by atoms with Crippen LogP contribution in [0, 0.1) is 0 Å². The number of likely N-dealkylation sites (N-methyl/N-ethyl adjacent to an activating group) is 1. The molecule has 1 aromatic carbocycles. The summed E-state index contributed by atoms with van der Waals surface area (Å²) in [6.07, 6.45) is 5.60. The maximum absolute atomic E-state index is 12.5. The van der Waals surface area contributed by atoms with E-state index < -0.39 is 5.60 Å². The van der Waals surface area contributed by atoms with Gasteiger partial charge in [-0.3, -0.25) is 9.48 Å². The Bertz CT molecular complexity index is 1300. The molecule has 9 nitrogen and oxygen atoms in total. The topological polar surface area (TPSA) is 109 Å². The molecule has 162 valence electrons. The van der Waals surface area contributed by atoms with Crippen LogP contribution in [0.15, 0.2) is 54.3 Å². The van der Waals surface area contributed by atoms with Crippen LogP contribution in [0.2, 0.25) is 0 Å². The number of benzene rings is 1. The monoisotopic (exact) mass is 447 g/mol. The maximum atomic E-state index is 12.5. The molecule has 0 bridgehead atoms. The van der Waals surface area contributed by atoms with Crippen LogP contribution in [0.5, 0.6) is 0 Å². The number of anilines is 2. The van der Waals surface area contributed by atoms with Crippen molar-refractivity contribution in [1.29, 1.82) is 0 Å². The van der Waals surface area contributed by atoms with Crippen molar-refractivity contribution < 1.29 is 9.90 Å². The molecule has 2 N–H and O–H groups in total. The van der Waals surface area contributed by atoms with Gasteiger partial charge in [0.2, 0.25) is 5.95 Å². The van der Waals surface area contributed by atoms with Gasteiger partial charge < -0.3 is 15.3 Å². The number of aromatic nitrogens is 5. The second kappa shape index (κ2) is 7.81. The molecule has 3 aromatic heterocycles. The van der Waals surface area contributed by atoms with E-state index in [1.165, 1.54) is 11.3 Å². The number of carbonyl (C=O) groups excluding carboxylic acids is 1. The lowest BCUT2D eigenvalue weighted by atomic mass is 9.90. The zero-order chi connectivity index (χ0) is 22.3. The van der Waals surface area contributed by atoms with E-state index in [-0.39, 0.29) is 5.91 Å². The number of nitrogens with one attached hydrogen (secondary N) is 1. The minimum Gasteiger partial charge on any atom is -0.375 e. The predicted molar refractivity (Wildman–Crippen MR) is 121 cm³/mol. The minimum atomic E-state index is -1.48. The van der Waals surface area contributed by atoms with Gasteiger partial charge in [0, 0.05) is 50.4 Å². The summed E-state index contributed by atoms with van der Waals surface area (Å²) in [6.45, 7) is 0.531. The summed E-state index contributed by atoms with van der Waals surface area (Å²) < 4.78 is 1.70. The predicted octanol–water partition coefficient (Wildman–Crippen LogP) is 2.79. The highest BCUT2D eigenvalue weighted by Crippen LogP contribution is 2.35. The Hall–Kier alpha value is -3.63. The first-order valence-electron chi connectivity index (χ1n) is 10.1. The molecule has 0 spiro atoms. The quantitative estimate of drug-likeness (QED) is 0.484. The number of amides is 1. The number of nitrogens with zero attached hydrogens (tertiary/aromatic N) is 6. The van der Waals surface area contributed by atoms with Crippen molar-refractivity contribution in [3.63, 3.8) is 0 Å². The fourth-order valence-corrected chi connectivity index (χ4v) is 4.53. The number of aliphatic hydroxyl groups is 1. The number of hydrogen-bond acceptors (Lipinski definition) is 8. The molecule has 1 aliphatic heterocycles. The van der Waals surface area contributed by atoms with E-state index in [4.69, 9.17) is 4.98 Å². The lowest BCUT2D eigenvalue weighted by Crippen LogP contribution is -2.36. The number of rotatable bonds is 5. The van der Waals surface area contributed by atoms with Gasteiger partial charge in [0.25, 0.3) is 5.91 Å². The van der Waals surface area contributed by atoms with Gasteiger partial charge in [-0.15, -0.1) is 11.3 Å². The van der Waals surface area contributed by atoms with E-state index in [1.807, 2.05) is 42.9 Å². The van der Waals surface area contributed by atoms with Crippen LogP contribution in [0.3, 0.4) is 0 Å². The first-order valence-corrected chi connectivity index (χ1v) is 10.9. The molecule has 0 aliphatic carbocycles. The molecule has 4 heterocycles. The smallest absolute Gasteiger partial charge is 0.258 e. The highest BCUT2D eigenvalue weighted by atomic mass is 32.1. The van der Waals surface area contributed by atoms with E-state index >= 15 is 0 Å². The van der Waals surface area contributed by atoms with Gasteiger partial charge in [0.15, 0.2) is 5.60 Å². The van der Waals surface area contributed by atoms with Gasteiger partial charge in [-0.2, -0.15) is 5.10 Å². The van der Waals surface area contributed by atoms with E-state index in [1.54, 1.807) is 35.1 Å². The summed E-state index contributed by atoms with van der Waals surface area (Å²) in [4.78, 5) is 27.6. The summed E-state index contributed by atoms with van der Waals surface area (Å²) in [6, 6.07) is 9.20. The Morgan fingerprint density at radius 3 is 2.81 bits per heavy atom. The first kappa shape index (κ1) is 20.3. The van der Waals surface area contributed by atoms with Gasteiger partial charge in [-0.05, 0) is 17.7 Å². The molecule has 1 fully saturated rings. The lowest BCUT2D eigenvalue weighted by Gasteiger charge is -2.21. The van der Waals surface area contributed by atoms with Crippen molar-refractivity contribution >= 4 is 28.9 Å². The molecule has 10 heteroatoms. The largest absolute Gasteiger partial charge is 0.375 e. The zero-order valence-corrected chi connectivity index (χ0v) is 18.4. The Morgan fingerprint density at radius 2 is 2.06 bits per heavy atom. The van der Waals surface area contributed by atoms with Gasteiger partial charge in [-0.25, -0.2) is 15.0 Å². The molecular weight excluding hydrogens is 426 g/mol. The second-order valence-electron chi connectivity index (χ2n) is 7.75. The van der Waals surface area contributed by atoms with Crippen LogP contribution >= 0.6 is 11.3 Å². The van der Waals surface area contributed by atoms with E-state index in [9.17, 15) is 9.90 Å². The fraction of sp³-hybridized carbons (Fsp3) is 0.227. The van der Waals surface area contributed by atoms with E-state index in [0.29, 0.717) is 30.2 Å². The van der Waals surface area contributed by atoms with Crippen molar-refractivity contribution in [2.45, 2.75) is 12.0 Å². The van der Waals surface area contributed by atoms with Gasteiger partial charge in [-0.1, -0.05) is 18.2 Å². The Morgan fingerprint density at radius 1 is 1.19 bits per heavy atom. The van der Waals surface area contributed by atoms with Crippen LogP contribution in [-0.4, -0.2) is 54.2 Å². The third-order valence-electron chi connectivity index (χ3n) is 5.49. The summed E-state index contributed by atoms with van der Waals surface area (Å²) in [7, 11) is 3.55. The lowest BCUT2D eigenvalue weighted by molar-refractivity contribution is -0.143. The highest BCUT2D eigenvalue weighted by Gasteiger charge is 2.45. The van der Waals surface area contributed by atoms with Crippen molar-refractivity contribution in [2.75, 3.05) is 18.9 Å². The Balaban J connectivity index is 1.41. The molecule has 4 aromatic rings. The Labute approximate surface area is 188 Å². The van der Waals surface area contributed by atoms with Gasteiger partial charge >= 0.3 is 0 Å². The standard InChI is InChI=1S/C22H21N7O2S/c1-28-9-7-22(31,20(28)30)15-5-3-4-14(10-15)18-13-32-19(26-18)17-6-8-23-21(27-17)25-16-11-24-29(2)12-16/h3-6,8,10-13,31H,7,9H2,1-2H3,(H,23,25,27)/t22-/m1/s1. The van der Waals surface area contributed by atoms with E-state index in [0.717, 1.165) is 22.0 Å². The number of likely N-dealkylation sites (tertiary alicyclic amines) is 1. The van der Waals surface area contributed by atoms with Crippen LogP contribution < -0.4 is 5.32 Å². The molecule has 0 saturated carbocycles. The summed E-state index contributed by atoms with van der Waals surface area (Å²) in [5.41, 5.74) is 2.20. The molecule has 32 heavy (non-hydrogen) atoms. The molecule has 0 unspecified atom stereocenters. The average molecular weight is 448 g/mol. The number of hydrogen-bond donors (Lipinski definition) is 2. The van der Waals surface area contributed by atoms with Gasteiger partial charge in [0.1, 0.15) is 10.7 Å². The van der Waals surface area contributed by atoms with Crippen LogP contribution in [0.4, 0.5) is 11.6 Å².